The molecule has 3 heteroatoms. The lowest BCUT2D eigenvalue weighted by Gasteiger charge is -2.11. The van der Waals surface area contributed by atoms with Crippen LogP contribution in [-0.2, 0) is 12.8 Å². The van der Waals surface area contributed by atoms with E-state index in [1.807, 2.05) is 13.1 Å². The first-order valence-electron chi connectivity index (χ1n) is 7.15. The summed E-state index contributed by atoms with van der Waals surface area (Å²) in [5, 5.41) is 7.50. The van der Waals surface area contributed by atoms with Crippen LogP contribution in [0.15, 0.2) is 18.2 Å². The second-order valence-electron chi connectivity index (χ2n) is 5.00. The lowest BCUT2D eigenvalue weighted by Crippen LogP contribution is -2.16. The molecule has 0 aliphatic carbocycles. The van der Waals surface area contributed by atoms with E-state index in [0.29, 0.717) is 0 Å². The van der Waals surface area contributed by atoms with Crippen LogP contribution in [0.3, 0.4) is 0 Å². The van der Waals surface area contributed by atoms with Crippen molar-refractivity contribution in [1.82, 2.24) is 10.6 Å². The Morgan fingerprint density at radius 3 is 3.00 bits per heavy atom. The van der Waals surface area contributed by atoms with Gasteiger partial charge < -0.3 is 10.6 Å². The van der Waals surface area contributed by atoms with E-state index < -0.39 is 0 Å². The topological polar surface area (TPSA) is 24.1 Å². The highest BCUT2D eigenvalue weighted by molar-refractivity contribution is 6.32. The average Bonchev–Trinajstić information content (AvgIpc) is 2.66. The largest absolute Gasteiger partial charge is 0.320 e. The third-order valence-corrected chi connectivity index (χ3v) is 3.94. The number of nitrogens with one attached hydrogen (secondary N) is 2. The summed E-state index contributed by atoms with van der Waals surface area (Å²) in [5.41, 5.74) is 4.11. The zero-order valence-corrected chi connectivity index (χ0v) is 12.4. The second-order valence-corrected chi connectivity index (χ2v) is 5.40. The maximum Gasteiger partial charge on any atom is 0.0481 e. The quantitative estimate of drug-likeness (QED) is 0.809. The van der Waals surface area contributed by atoms with E-state index in [1.165, 1.54) is 23.1 Å². The van der Waals surface area contributed by atoms with Crippen LogP contribution in [0.1, 0.15) is 29.5 Å². The Bertz CT molecular complexity index is 441. The lowest BCUT2D eigenvalue weighted by molar-refractivity contribution is 0.711. The van der Waals surface area contributed by atoms with Crippen molar-refractivity contribution >= 4 is 17.7 Å². The fraction of sp³-hybridized carbons (Fsp3) is 0.500. The van der Waals surface area contributed by atoms with Gasteiger partial charge >= 0.3 is 0 Å². The summed E-state index contributed by atoms with van der Waals surface area (Å²) in [6, 6.07) is 4.22. The Balaban J connectivity index is 2.14. The van der Waals surface area contributed by atoms with Crippen molar-refractivity contribution in [2.75, 3.05) is 26.7 Å². The molecule has 0 aromatic heterocycles. The van der Waals surface area contributed by atoms with Gasteiger partial charge in [0.25, 0.3) is 0 Å². The monoisotopic (exact) mass is 278 g/mol. The minimum atomic E-state index is 0.880. The maximum atomic E-state index is 6.37. The second kappa shape index (κ2) is 7.68. The summed E-state index contributed by atoms with van der Waals surface area (Å²) in [6.07, 6.45) is 8.90. The molecule has 0 saturated carbocycles. The summed E-state index contributed by atoms with van der Waals surface area (Å²) < 4.78 is 0. The molecule has 0 fully saturated rings. The van der Waals surface area contributed by atoms with Gasteiger partial charge in [0, 0.05) is 5.02 Å². The number of fused-ring (bicyclic) bond motifs is 1. The van der Waals surface area contributed by atoms with Gasteiger partial charge in [-0.15, -0.1) is 0 Å². The first kappa shape index (κ1) is 14.6. The van der Waals surface area contributed by atoms with E-state index in [-0.39, 0.29) is 0 Å². The Morgan fingerprint density at radius 1 is 1.32 bits per heavy atom. The van der Waals surface area contributed by atoms with E-state index in [0.717, 1.165) is 43.9 Å². The number of hydrogen-bond donors (Lipinski definition) is 2. The van der Waals surface area contributed by atoms with E-state index >= 15 is 0 Å². The summed E-state index contributed by atoms with van der Waals surface area (Å²) in [7, 11) is 1.99. The van der Waals surface area contributed by atoms with Crippen LogP contribution in [0.4, 0.5) is 0 Å². The van der Waals surface area contributed by atoms with Gasteiger partial charge in [-0.1, -0.05) is 29.8 Å². The predicted octanol–water partition coefficient (Wildman–Crippen LogP) is 3.04. The molecule has 1 aromatic carbocycles. The fourth-order valence-corrected chi connectivity index (χ4v) is 2.79. The highest BCUT2D eigenvalue weighted by Crippen LogP contribution is 2.27. The van der Waals surface area contributed by atoms with Crippen LogP contribution in [0.2, 0.25) is 5.02 Å². The summed E-state index contributed by atoms with van der Waals surface area (Å²) in [4.78, 5) is 0. The first-order chi connectivity index (χ1) is 9.33. The number of halogens is 1. The molecule has 104 valence electrons. The van der Waals surface area contributed by atoms with Crippen LogP contribution in [0.25, 0.3) is 6.08 Å². The van der Waals surface area contributed by atoms with Crippen molar-refractivity contribution < 1.29 is 0 Å². The molecule has 0 spiro atoms. The van der Waals surface area contributed by atoms with Gasteiger partial charge in [0.05, 0.1) is 0 Å². The summed E-state index contributed by atoms with van der Waals surface area (Å²) in [6.45, 7) is 3.18. The molecule has 0 saturated heterocycles. The van der Waals surface area contributed by atoms with Gasteiger partial charge in [0.2, 0.25) is 0 Å². The Kier molecular flexibility index (Phi) is 5.90. The van der Waals surface area contributed by atoms with Gasteiger partial charge in [-0.25, -0.2) is 0 Å². The molecule has 0 atom stereocenters. The molecular weight excluding hydrogens is 256 g/mol. The third-order valence-electron chi connectivity index (χ3n) is 3.61. The number of hydrogen-bond acceptors (Lipinski definition) is 2. The van der Waals surface area contributed by atoms with E-state index in [9.17, 15) is 0 Å². The zero-order chi connectivity index (χ0) is 13.5. The molecule has 19 heavy (non-hydrogen) atoms. The maximum absolute atomic E-state index is 6.37. The molecule has 2 N–H and O–H groups in total. The SMILES string of the molecule is CNCCC/C=C\c1c(Cl)ccc2c1CCNCC2. The average molecular weight is 279 g/mol. The van der Waals surface area contributed by atoms with Gasteiger partial charge in [-0.2, -0.15) is 0 Å². The van der Waals surface area contributed by atoms with E-state index in [1.54, 1.807) is 0 Å². The van der Waals surface area contributed by atoms with Gasteiger partial charge in [-0.05, 0) is 75.1 Å². The van der Waals surface area contributed by atoms with Crippen molar-refractivity contribution in [3.63, 3.8) is 0 Å². The van der Waals surface area contributed by atoms with Crippen molar-refractivity contribution in [3.05, 3.63) is 39.9 Å². The molecule has 1 aromatic rings. The standard InChI is InChI=1S/C16H23ClN2/c1-18-10-4-2-3-5-15-14-9-12-19-11-8-13(14)6-7-16(15)17/h3,5-7,18-19H,2,4,8-12H2,1H3/b5-3-. The molecule has 1 heterocycles. The van der Waals surface area contributed by atoms with Crippen LogP contribution >= 0.6 is 11.6 Å². The Morgan fingerprint density at radius 2 is 2.16 bits per heavy atom. The lowest BCUT2D eigenvalue weighted by atomic mass is 9.96. The van der Waals surface area contributed by atoms with E-state index in [4.69, 9.17) is 11.6 Å². The van der Waals surface area contributed by atoms with Crippen molar-refractivity contribution in [2.24, 2.45) is 0 Å². The predicted molar refractivity (Wildman–Crippen MR) is 83.9 cm³/mol. The molecule has 0 bridgehead atoms. The minimum Gasteiger partial charge on any atom is -0.320 e. The molecule has 0 amide bonds. The van der Waals surface area contributed by atoms with Crippen molar-refractivity contribution in [3.8, 4) is 0 Å². The van der Waals surface area contributed by atoms with Crippen LogP contribution in [0.5, 0.6) is 0 Å². The summed E-state index contributed by atoms with van der Waals surface area (Å²) >= 11 is 6.37. The van der Waals surface area contributed by atoms with Gasteiger partial charge in [-0.3, -0.25) is 0 Å². The summed E-state index contributed by atoms with van der Waals surface area (Å²) in [5.74, 6) is 0. The molecular formula is C16H23ClN2. The molecule has 0 radical (unpaired) electrons. The van der Waals surface area contributed by atoms with Crippen molar-refractivity contribution in [2.45, 2.75) is 25.7 Å². The smallest absolute Gasteiger partial charge is 0.0481 e. The minimum absolute atomic E-state index is 0.880. The number of benzene rings is 1. The Hall–Kier alpha value is -0.830. The van der Waals surface area contributed by atoms with Crippen LogP contribution in [0, 0.1) is 0 Å². The molecule has 2 nitrogen and oxygen atoms in total. The Labute approximate surface area is 121 Å². The molecule has 0 unspecified atom stereocenters. The van der Waals surface area contributed by atoms with E-state index in [2.05, 4.69) is 28.9 Å². The van der Waals surface area contributed by atoms with Gasteiger partial charge in [0.15, 0.2) is 0 Å². The number of unbranched alkanes of at least 4 members (excludes halogenated alkanes) is 1. The third kappa shape index (κ3) is 4.07. The van der Waals surface area contributed by atoms with Crippen LogP contribution in [-0.4, -0.2) is 26.7 Å². The fourth-order valence-electron chi connectivity index (χ4n) is 2.55. The first-order valence-corrected chi connectivity index (χ1v) is 7.53. The normalized spacial score (nSPS) is 15.5. The van der Waals surface area contributed by atoms with Gasteiger partial charge in [0.1, 0.15) is 0 Å². The molecule has 1 aliphatic heterocycles. The van der Waals surface area contributed by atoms with Crippen molar-refractivity contribution in [1.29, 1.82) is 0 Å². The molecule has 2 rings (SSSR count). The number of rotatable bonds is 5. The highest BCUT2D eigenvalue weighted by Gasteiger charge is 2.12. The molecule has 1 aliphatic rings. The zero-order valence-electron chi connectivity index (χ0n) is 11.6. The highest BCUT2D eigenvalue weighted by atomic mass is 35.5. The number of allylic oxidation sites excluding steroid dienone is 1. The van der Waals surface area contributed by atoms with Crippen LogP contribution < -0.4 is 10.6 Å².